The first-order valence-electron chi connectivity index (χ1n) is 14.3. The summed E-state index contributed by atoms with van der Waals surface area (Å²) in [6.45, 7) is 6.58. The average Bonchev–Trinajstić information content (AvgIpc) is 3.31. The highest BCUT2D eigenvalue weighted by atomic mass is 16.5. The zero-order valence-corrected chi connectivity index (χ0v) is 25.3. The minimum Gasteiger partial charge on any atom is -0.445 e. The highest BCUT2D eigenvalue weighted by molar-refractivity contribution is 6.12. The standard InChI is InChI=1S/C29H42N6O9/c1-19(2)26(34-23(36)10-14-42-16-17-43-15-13-35-24(37)8-9-25(35)38)28(40)32-20(3)27(39)33-22-6-4-21(5-7-22)18-44-29(41)31-12-11-30/h4-9,19-20,26H,10-18,30H2,1-3H3,(H,31,41)(H,32,40)(H,33,39)(H,34,36)/t20-,26?/m0/s1. The van der Waals surface area contributed by atoms with Crippen molar-refractivity contribution in [3.05, 3.63) is 42.0 Å². The smallest absolute Gasteiger partial charge is 0.407 e. The number of nitrogens with two attached hydrogens (primary N) is 1. The van der Waals surface area contributed by atoms with E-state index in [-0.39, 0.29) is 63.7 Å². The van der Waals surface area contributed by atoms with Crippen molar-refractivity contribution >= 4 is 41.3 Å². The normalized spacial score (nSPS) is 13.9. The number of benzene rings is 1. The molecule has 44 heavy (non-hydrogen) atoms. The van der Waals surface area contributed by atoms with Crippen LogP contribution in [0.2, 0.25) is 0 Å². The molecular weight excluding hydrogens is 576 g/mol. The molecule has 15 heteroatoms. The topological polar surface area (TPSA) is 207 Å². The van der Waals surface area contributed by atoms with Crippen molar-refractivity contribution in [1.29, 1.82) is 0 Å². The fourth-order valence-electron chi connectivity index (χ4n) is 3.75. The summed E-state index contributed by atoms with van der Waals surface area (Å²) in [5.74, 6) is -2.34. The molecule has 1 aromatic rings. The summed E-state index contributed by atoms with van der Waals surface area (Å²) in [5.41, 5.74) is 6.52. The van der Waals surface area contributed by atoms with Gasteiger partial charge in [-0.15, -0.1) is 0 Å². The van der Waals surface area contributed by atoms with Crippen LogP contribution >= 0.6 is 0 Å². The Morgan fingerprint density at radius 2 is 1.50 bits per heavy atom. The van der Waals surface area contributed by atoms with Gasteiger partial charge in [-0.1, -0.05) is 26.0 Å². The maximum absolute atomic E-state index is 12.9. The third kappa shape index (κ3) is 12.9. The Kier molecular flexibility index (Phi) is 15.5. The second-order valence-corrected chi connectivity index (χ2v) is 10.1. The zero-order valence-electron chi connectivity index (χ0n) is 25.3. The molecule has 0 radical (unpaired) electrons. The molecule has 1 unspecified atom stereocenters. The van der Waals surface area contributed by atoms with Crippen LogP contribution in [0.25, 0.3) is 0 Å². The molecule has 0 aromatic heterocycles. The third-order valence-electron chi connectivity index (χ3n) is 6.23. The van der Waals surface area contributed by atoms with Crippen LogP contribution in [0.15, 0.2) is 36.4 Å². The van der Waals surface area contributed by atoms with Crippen LogP contribution < -0.4 is 27.0 Å². The molecule has 2 atom stereocenters. The molecule has 1 aromatic carbocycles. The minimum atomic E-state index is -0.892. The van der Waals surface area contributed by atoms with E-state index in [4.69, 9.17) is 19.9 Å². The molecule has 15 nitrogen and oxygen atoms in total. The highest BCUT2D eigenvalue weighted by Crippen LogP contribution is 2.11. The number of hydrogen-bond donors (Lipinski definition) is 5. The van der Waals surface area contributed by atoms with Crippen LogP contribution in [-0.4, -0.2) is 98.7 Å². The molecule has 6 amide bonds. The lowest BCUT2D eigenvalue weighted by Crippen LogP contribution is -2.53. The Bertz CT molecular complexity index is 1150. The lowest BCUT2D eigenvalue weighted by molar-refractivity contribution is -0.137. The number of anilines is 1. The van der Waals surface area contributed by atoms with E-state index in [1.54, 1.807) is 38.1 Å². The Morgan fingerprint density at radius 3 is 2.11 bits per heavy atom. The van der Waals surface area contributed by atoms with Gasteiger partial charge in [-0.05, 0) is 30.5 Å². The van der Waals surface area contributed by atoms with Crippen molar-refractivity contribution in [2.24, 2.45) is 11.7 Å². The first-order valence-corrected chi connectivity index (χ1v) is 14.3. The molecule has 242 valence electrons. The van der Waals surface area contributed by atoms with Crippen molar-refractivity contribution in [2.45, 2.75) is 45.9 Å². The Morgan fingerprint density at radius 1 is 0.864 bits per heavy atom. The van der Waals surface area contributed by atoms with Crippen molar-refractivity contribution in [1.82, 2.24) is 20.9 Å². The summed E-state index contributed by atoms with van der Waals surface area (Å²) >= 11 is 0. The monoisotopic (exact) mass is 618 g/mol. The summed E-state index contributed by atoms with van der Waals surface area (Å²) in [6, 6.07) is 4.91. The van der Waals surface area contributed by atoms with Crippen LogP contribution in [0, 0.1) is 5.92 Å². The lowest BCUT2D eigenvalue weighted by atomic mass is 10.0. The summed E-state index contributed by atoms with van der Waals surface area (Å²) in [4.78, 5) is 73.5. The van der Waals surface area contributed by atoms with Gasteiger partial charge in [0.1, 0.15) is 18.7 Å². The van der Waals surface area contributed by atoms with Gasteiger partial charge in [0.25, 0.3) is 11.8 Å². The molecule has 0 saturated carbocycles. The van der Waals surface area contributed by atoms with Crippen molar-refractivity contribution in [2.75, 3.05) is 51.4 Å². The first-order chi connectivity index (χ1) is 21.0. The predicted octanol–water partition coefficient (Wildman–Crippen LogP) is -0.196. The van der Waals surface area contributed by atoms with Gasteiger partial charge in [0, 0.05) is 37.3 Å². The van der Waals surface area contributed by atoms with E-state index < -0.39 is 35.9 Å². The van der Waals surface area contributed by atoms with Crippen LogP contribution in [0.5, 0.6) is 0 Å². The Balaban J connectivity index is 1.66. The van der Waals surface area contributed by atoms with Crippen LogP contribution in [0.1, 0.15) is 32.8 Å². The van der Waals surface area contributed by atoms with Gasteiger partial charge in [-0.3, -0.25) is 28.9 Å². The van der Waals surface area contributed by atoms with Gasteiger partial charge in [-0.25, -0.2) is 4.79 Å². The fraction of sp³-hybridized carbons (Fsp3) is 0.517. The predicted molar refractivity (Wildman–Crippen MR) is 159 cm³/mol. The van der Waals surface area contributed by atoms with E-state index in [1.807, 2.05) is 0 Å². The number of nitrogens with one attached hydrogen (secondary N) is 4. The number of ether oxygens (including phenoxy) is 3. The number of carbonyl (C=O) groups is 6. The molecule has 0 aliphatic carbocycles. The van der Waals surface area contributed by atoms with Gasteiger partial charge < -0.3 is 41.2 Å². The number of carbonyl (C=O) groups excluding carboxylic acids is 6. The SMILES string of the molecule is CC(C)C(NC(=O)CCOCCOCCN1C(=O)C=CC1=O)C(=O)N[C@@H](C)C(=O)Nc1ccc(COC(=O)NCCN)cc1. The second kappa shape index (κ2) is 19.0. The van der Waals surface area contributed by atoms with Crippen LogP contribution in [-0.2, 0) is 44.8 Å². The second-order valence-electron chi connectivity index (χ2n) is 10.1. The zero-order chi connectivity index (χ0) is 32.5. The molecule has 0 spiro atoms. The van der Waals surface area contributed by atoms with Gasteiger partial charge in [-0.2, -0.15) is 0 Å². The number of amides is 6. The van der Waals surface area contributed by atoms with E-state index in [9.17, 15) is 28.8 Å². The maximum atomic E-state index is 12.9. The Hall–Kier alpha value is -4.34. The summed E-state index contributed by atoms with van der Waals surface area (Å²) < 4.78 is 15.8. The van der Waals surface area contributed by atoms with Crippen LogP contribution in [0.4, 0.5) is 10.5 Å². The summed E-state index contributed by atoms with van der Waals surface area (Å²) in [6.07, 6.45) is 1.84. The fourth-order valence-corrected chi connectivity index (χ4v) is 3.75. The van der Waals surface area contributed by atoms with E-state index in [2.05, 4.69) is 21.3 Å². The average molecular weight is 619 g/mol. The number of rotatable bonds is 19. The molecule has 1 aliphatic rings. The van der Waals surface area contributed by atoms with Crippen molar-refractivity contribution < 1.29 is 43.0 Å². The maximum Gasteiger partial charge on any atom is 0.407 e. The van der Waals surface area contributed by atoms with E-state index in [1.165, 1.54) is 19.1 Å². The van der Waals surface area contributed by atoms with Gasteiger partial charge >= 0.3 is 6.09 Å². The number of imide groups is 1. The molecular formula is C29H42N6O9. The summed E-state index contributed by atoms with van der Waals surface area (Å²) in [7, 11) is 0. The summed E-state index contributed by atoms with van der Waals surface area (Å²) in [5, 5.41) is 10.5. The van der Waals surface area contributed by atoms with E-state index >= 15 is 0 Å². The lowest BCUT2D eigenvalue weighted by Gasteiger charge is -2.24. The minimum absolute atomic E-state index is 0.00833. The van der Waals surface area contributed by atoms with E-state index in [0.29, 0.717) is 24.3 Å². The first kappa shape index (κ1) is 35.9. The van der Waals surface area contributed by atoms with Gasteiger partial charge in [0.2, 0.25) is 17.7 Å². The highest BCUT2D eigenvalue weighted by Gasteiger charge is 2.27. The van der Waals surface area contributed by atoms with Crippen molar-refractivity contribution in [3.8, 4) is 0 Å². The number of nitrogens with zero attached hydrogens (tertiary/aromatic N) is 1. The third-order valence-corrected chi connectivity index (χ3v) is 6.23. The largest absolute Gasteiger partial charge is 0.445 e. The molecule has 6 N–H and O–H groups in total. The van der Waals surface area contributed by atoms with Gasteiger partial charge in [0.15, 0.2) is 0 Å². The number of alkyl carbamates (subject to hydrolysis) is 1. The van der Waals surface area contributed by atoms with E-state index in [0.717, 1.165) is 4.90 Å². The molecule has 1 aliphatic heterocycles. The quantitative estimate of drug-likeness (QED) is 0.102. The van der Waals surface area contributed by atoms with Crippen LogP contribution in [0.3, 0.4) is 0 Å². The van der Waals surface area contributed by atoms with Crippen molar-refractivity contribution in [3.63, 3.8) is 0 Å². The molecule has 0 fully saturated rings. The Labute approximate surface area is 256 Å². The van der Waals surface area contributed by atoms with Gasteiger partial charge in [0.05, 0.1) is 33.0 Å². The molecule has 0 bridgehead atoms. The number of hydrogen-bond acceptors (Lipinski definition) is 10. The molecule has 2 rings (SSSR count). The molecule has 1 heterocycles. The molecule has 0 saturated heterocycles.